The van der Waals surface area contributed by atoms with Crippen LogP contribution in [0.25, 0.3) is 16.8 Å². The van der Waals surface area contributed by atoms with Crippen LogP contribution in [0.5, 0.6) is 11.5 Å². The number of fused-ring (bicyclic) bond motifs is 1. The van der Waals surface area contributed by atoms with Gasteiger partial charge < -0.3 is 14.8 Å². The summed E-state index contributed by atoms with van der Waals surface area (Å²) in [5.74, 6) is 0.662. The van der Waals surface area contributed by atoms with Crippen molar-refractivity contribution in [3.8, 4) is 17.6 Å². The zero-order valence-electron chi connectivity index (χ0n) is 20.0. The largest absolute Gasteiger partial charge is 0.497 e. The monoisotopic (exact) mass is 462 g/mol. The molecule has 0 saturated heterocycles. The molecule has 0 unspecified atom stereocenters. The van der Waals surface area contributed by atoms with Gasteiger partial charge in [-0.15, -0.1) is 0 Å². The molecule has 0 radical (unpaired) electrons. The first kappa shape index (κ1) is 23.6. The summed E-state index contributed by atoms with van der Waals surface area (Å²) in [7, 11) is 1.58. The molecular weight excluding hydrogens is 436 g/mol. The molecule has 0 aliphatic carbocycles. The number of nitrogens with zero attached hydrogens (tertiary/aromatic N) is 1. The average molecular weight is 463 g/mol. The SMILES string of the molecule is COc1ccc(/C=C(\C#N)C(=O)Nc2cccc(C)c2C)c(OCc2cccc3ccccc23)c1. The second-order valence-electron chi connectivity index (χ2n) is 8.20. The Hall–Kier alpha value is -4.56. The minimum atomic E-state index is -0.475. The number of carbonyl (C=O) groups excluding carboxylic acids is 1. The predicted molar refractivity (Wildman–Crippen MR) is 139 cm³/mol. The minimum Gasteiger partial charge on any atom is -0.497 e. The summed E-state index contributed by atoms with van der Waals surface area (Å²) in [5.41, 5.74) is 4.32. The van der Waals surface area contributed by atoms with Crippen molar-refractivity contribution < 1.29 is 14.3 Å². The number of carbonyl (C=O) groups is 1. The van der Waals surface area contributed by atoms with Crippen LogP contribution in [0, 0.1) is 25.2 Å². The summed E-state index contributed by atoms with van der Waals surface area (Å²) in [6.45, 7) is 4.23. The number of aryl methyl sites for hydroxylation is 1. The fourth-order valence-electron chi connectivity index (χ4n) is 3.84. The highest BCUT2D eigenvalue weighted by Gasteiger charge is 2.14. The third kappa shape index (κ3) is 5.34. The predicted octanol–water partition coefficient (Wildman–Crippen LogP) is 6.59. The first-order valence-corrected chi connectivity index (χ1v) is 11.3. The van der Waals surface area contributed by atoms with Crippen molar-refractivity contribution in [1.82, 2.24) is 0 Å². The molecule has 1 amide bonds. The molecule has 4 aromatic rings. The number of amides is 1. The van der Waals surface area contributed by atoms with Crippen LogP contribution in [-0.4, -0.2) is 13.0 Å². The van der Waals surface area contributed by atoms with E-state index in [4.69, 9.17) is 9.47 Å². The van der Waals surface area contributed by atoms with Crippen molar-refractivity contribution in [1.29, 1.82) is 5.26 Å². The van der Waals surface area contributed by atoms with E-state index in [0.717, 1.165) is 27.5 Å². The third-order valence-electron chi connectivity index (χ3n) is 6.00. The summed E-state index contributed by atoms with van der Waals surface area (Å²) < 4.78 is 11.6. The second kappa shape index (κ2) is 10.6. The van der Waals surface area contributed by atoms with E-state index in [-0.39, 0.29) is 5.57 Å². The van der Waals surface area contributed by atoms with E-state index < -0.39 is 5.91 Å². The number of ether oxygens (including phenoxy) is 2. The van der Waals surface area contributed by atoms with E-state index in [2.05, 4.69) is 23.5 Å². The third-order valence-corrected chi connectivity index (χ3v) is 6.00. The molecular formula is C30H26N2O3. The normalized spacial score (nSPS) is 11.1. The van der Waals surface area contributed by atoms with Crippen LogP contribution >= 0.6 is 0 Å². The van der Waals surface area contributed by atoms with E-state index >= 15 is 0 Å². The van der Waals surface area contributed by atoms with Crippen LogP contribution in [0.15, 0.2) is 84.4 Å². The lowest BCUT2D eigenvalue weighted by atomic mass is 10.1. The lowest BCUT2D eigenvalue weighted by Crippen LogP contribution is -2.14. The van der Waals surface area contributed by atoms with Gasteiger partial charge in [-0.2, -0.15) is 5.26 Å². The van der Waals surface area contributed by atoms with Gasteiger partial charge in [0.05, 0.1) is 7.11 Å². The van der Waals surface area contributed by atoms with Crippen molar-refractivity contribution in [2.24, 2.45) is 0 Å². The Bertz CT molecular complexity index is 1460. The van der Waals surface area contributed by atoms with Crippen LogP contribution in [0.2, 0.25) is 0 Å². The van der Waals surface area contributed by atoms with Crippen LogP contribution in [0.4, 0.5) is 5.69 Å². The zero-order chi connectivity index (χ0) is 24.8. The molecule has 0 aliphatic rings. The maximum atomic E-state index is 12.9. The van der Waals surface area contributed by atoms with Gasteiger partial charge in [-0.25, -0.2) is 0 Å². The molecule has 0 saturated carbocycles. The Morgan fingerprint density at radius 2 is 1.77 bits per heavy atom. The fraction of sp³-hybridized carbons (Fsp3) is 0.133. The molecule has 0 aromatic heterocycles. The number of hydrogen-bond donors (Lipinski definition) is 1. The molecule has 4 rings (SSSR count). The van der Waals surface area contributed by atoms with Crippen LogP contribution in [0.1, 0.15) is 22.3 Å². The molecule has 0 aliphatic heterocycles. The molecule has 0 heterocycles. The maximum Gasteiger partial charge on any atom is 0.266 e. The van der Waals surface area contributed by atoms with Gasteiger partial charge in [-0.1, -0.05) is 54.6 Å². The quantitative estimate of drug-likeness (QED) is 0.248. The molecule has 0 atom stereocenters. The van der Waals surface area contributed by atoms with Crippen molar-refractivity contribution in [3.05, 3.63) is 107 Å². The summed E-state index contributed by atoms with van der Waals surface area (Å²) in [6.07, 6.45) is 1.54. The second-order valence-corrected chi connectivity index (χ2v) is 8.20. The maximum absolute atomic E-state index is 12.9. The van der Waals surface area contributed by atoms with E-state index in [1.54, 1.807) is 31.4 Å². The Kier molecular flexibility index (Phi) is 7.13. The standard InChI is InChI=1S/C30H26N2O3/c1-20-8-6-13-28(21(20)2)32-30(33)25(18-31)16-23-14-15-26(34-3)17-29(23)35-19-24-11-7-10-22-9-4-5-12-27(22)24/h4-17H,19H2,1-3H3,(H,32,33)/b25-16+. The Morgan fingerprint density at radius 3 is 2.57 bits per heavy atom. The molecule has 0 spiro atoms. The Labute approximate surface area is 205 Å². The molecule has 5 nitrogen and oxygen atoms in total. The Balaban J connectivity index is 1.63. The molecule has 1 N–H and O–H groups in total. The smallest absolute Gasteiger partial charge is 0.266 e. The number of hydrogen-bond acceptors (Lipinski definition) is 4. The van der Waals surface area contributed by atoms with Gasteiger partial charge in [-0.3, -0.25) is 4.79 Å². The van der Waals surface area contributed by atoms with E-state index in [9.17, 15) is 10.1 Å². The lowest BCUT2D eigenvalue weighted by Gasteiger charge is -2.13. The van der Waals surface area contributed by atoms with Crippen LogP contribution in [0.3, 0.4) is 0 Å². The van der Waals surface area contributed by atoms with Gasteiger partial charge in [-0.05, 0) is 65.6 Å². The number of rotatable bonds is 7. The molecule has 35 heavy (non-hydrogen) atoms. The summed E-state index contributed by atoms with van der Waals surface area (Å²) in [5, 5.41) is 14.8. The highest BCUT2D eigenvalue weighted by Crippen LogP contribution is 2.29. The van der Waals surface area contributed by atoms with Crippen molar-refractivity contribution in [3.63, 3.8) is 0 Å². The Morgan fingerprint density at radius 1 is 1.00 bits per heavy atom. The molecule has 0 fully saturated rings. The topological polar surface area (TPSA) is 71.3 Å². The van der Waals surface area contributed by atoms with Gasteiger partial charge in [0.2, 0.25) is 0 Å². The molecule has 4 aromatic carbocycles. The van der Waals surface area contributed by atoms with Gasteiger partial charge in [0.15, 0.2) is 0 Å². The van der Waals surface area contributed by atoms with Gasteiger partial charge >= 0.3 is 0 Å². The summed E-state index contributed by atoms with van der Waals surface area (Å²) in [4.78, 5) is 12.9. The van der Waals surface area contributed by atoms with Crippen molar-refractivity contribution in [2.75, 3.05) is 12.4 Å². The highest BCUT2D eigenvalue weighted by atomic mass is 16.5. The highest BCUT2D eigenvalue weighted by molar-refractivity contribution is 6.10. The number of anilines is 1. The number of benzene rings is 4. The molecule has 5 heteroatoms. The van der Waals surface area contributed by atoms with Gasteiger partial charge in [0.25, 0.3) is 5.91 Å². The van der Waals surface area contributed by atoms with Crippen molar-refractivity contribution in [2.45, 2.75) is 20.5 Å². The molecule has 174 valence electrons. The van der Waals surface area contributed by atoms with E-state index in [0.29, 0.717) is 29.4 Å². The number of nitriles is 1. The lowest BCUT2D eigenvalue weighted by molar-refractivity contribution is -0.112. The molecule has 0 bridgehead atoms. The van der Waals surface area contributed by atoms with Crippen LogP contribution in [-0.2, 0) is 11.4 Å². The first-order chi connectivity index (χ1) is 17.0. The van der Waals surface area contributed by atoms with Crippen molar-refractivity contribution >= 4 is 28.4 Å². The average Bonchev–Trinajstić information content (AvgIpc) is 2.88. The van der Waals surface area contributed by atoms with E-state index in [1.165, 1.54) is 0 Å². The summed E-state index contributed by atoms with van der Waals surface area (Å²) >= 11 is 0. The fourth-order valence-corrected chi connectivity index (χ4v) is 3.84. The van der Waals surface area contributed by atoms with Crippen LogP contribution < -0.4 is 14.8 Å². The van der Waals surface area contributed by atoms with Gasteiger partial charge in [0.1, 0.15) is 29.7 Å². The summed E-state index contributed by atoms with van der Waals surface area (Å²) in [6, 6.07) is 27.2. The number of methoxy groups -OCH3 is 1. The van der Waals surface area contributed by atoms with E-state index in [1.807, 2.05) is 62.4 Å². The zero-order valence-corrected chi connectivity index (χ0v) is 20.0. The van der Waals surface area contributed by atoms with Gasteiger partial charge in [0, 0.05) is 17.3 Å². The number of nitrogens with one attached hydrogen (secondary N) is 1. The minimum absolute atomic E-state index is 0.0221. The first-order valence-electron chi connectivity index (χ1n) is 11.3.